The van der Waals surface area contributed by atoms with E-state index in [-0.39, 0.29) is 23.7 Å². The number of aliphatic hydroxyl groups is 1. The summed E-state index contributed by atoms with van der Waals surface area (Å²) in [5.41, 5.74) is 0.961. The van der Waals surface area contributed by atoms with Gasteiger partial charge in [0.2, 0.25) is 0 Å². The van der Waals surface area contributed by atoms with Crippen molar-refractivity contribution in [1.29, 1.82) is 0 Å². The second-order valence-corrected chi connectivity index (χ2v) is 9.27. The van der Waals surface area contributed by atoms with Crippen molar-refractivity contribution in [3.8, 4) is 0 Å². The highest BCUT2D eigenvalue weighted by Crippen LogP contribution is 2.36. The van der Waals surface area contributed by atoms with E-state index in [1.54, 1.807) is 0 Å². The number of thioether (sulfide) groups is 1. The highest BCUT2D eigenvalue weighted by atomic mass is 32.2. The summed E-state index contributed by atoms with van der Waals surface area (Å²) in [6.45, 7) is 4.07. The van der Waals surface area contributed by atoms with Gasteiger partial charge < -0.3 is 19.9 Å². The van der Waals surface area contributed by atoms with E-state index in [1.165, 1.54) is 6.08 Å². The molecule has 3 rings (SSSR count). The molecule has 0 saturated carbocycles. The van der Waals surface area contributed by atoms with Crippen molar-refractivity contribution >= 4 is 23.0 Å². The molecule has 5 atom stereocenters. The number of rotatable bonds is 1. The molecular weight excluding hydrogens is 390 g/mol. The monoisotopic (exact) mass is 421 g/mol. The van der Waals surface area contributed by atoms with Crippen LogP contribution in [0, 0.1) is 5.92 Å². The minimum absolute atomic E-state index is 0.159. The fourth-order valence-electron chi connectivity index (χ4n) is 3.96. The Bertz CT molecular complexity index is 703. The first-order chi connectivity index (χ1) is 13.8. The van der Waals surface area contributed by atoms with Gasteiger partial charge in [-0.25, -0.2) is 4.79 Å². The van der Waals surface area contributed by atoms with Crippen molar-refractivity contribution in [1.82, 2.24) is 5.32 Å². The predicted molar refractivity (Wildman–Crippen MR) is 113 cm³/mol. The summed E-state index contributed by atoms with van der Waals surface area (Å²) in [6, 6.07) is -0.505. The molecule has 160 valence electrons. The quantitative estimate of drug-likeness (QED) is 0.626. The second kappa shape index (κ2) is 9.96. The van der Waals surface area contributed by atoms with Crippen molar-refractivity contribution in [3.63, 3.8) is 0 Å². The van der Waals surface area contributed by atoms with E-state index in [0.717, 1.165) is 43.0 Å². The number of ether oxygens (including phenoxy) is 2. The molecule has 1 amide bonds. The molecule has 3 aliphatic rings. The smallest absolute Gasteiger partial charge is 0.330 e. The minimum atomic E-state index is -1.53. The molecule has 2 N–H and O–H groups in total. The van der Waals surface area contributed by atoms with Crippen LogP contribution in [0.2, 0.25) is 0 Å². The van der Waals surface area contributed by atoms with Crippen LogP contribution in [0.1, 0.15) is 52.4 Å². The van der Waals surface area contributed by atoms with Crippen LogP contribution in [-0.2, 0) is 14.3 Å². The lowest BCUT2D eigenvalue weighted by Gasteiger charge is -2.43. The molecule has 0 aliphatic carbocycles. The SMILES string of the molecule is C/C1=C/C(=O)OC2CC(CCC(C)/C=C\C=C/CC1)OC(O)(C1CSC(=O)N1)C2. The van der Waals surface area contributed by atoms with Gasteiger partial charge in [0.15, 0.2) is 5.79 Å². The Morgan fingerprint density at radius 1 is 1.24 bits per heavy atom. The van der Waals surface area contributed by atoms with Crippen LogP contribution in [0.4, 0.5) is 4.79 Å². The molecule has 2 saturated heterocycles. The average Bonchev–Trinajstić information content (AvgIpc) is 3.09. The molecule has 6 nitrogen and oxygen atoms in total. The Labute approximate surface area is 176 Å². The molecule has 0 aromatic rings. The third-order valence-electron chi connectivity index (χ3n) is 5.62. The van der Waals surface area contributed by atoms with Gasteiger partial charge in [-0.2, -0.15) is 0 Å². The van der Waals surface area contributed by atoms with E-state index in [4.69, 9.17) is 9.47 Å². The summed E-state index contributed by atoms with van der Waals surface area (Å²) < 4.78 is 11.8. The molecule has 0 aromatic heterocycles. The number of nitrogens with one attached hydrogen (secondary N) is 1. The summed E-state index contributed by atoms with van der Waals surface area (Å²) in [5, 5.41) is 13.8. The summed E-state index contributed by atoms with van der Waals surface area (Å²) >= 11 is 1.14. The predicted octanol–water partition coefficient (Wildman–Crippen LogP) is 3.86. The number of esters is 1. The van der Waals surface area contributed by atoms with E-state index in [1.807, 2.05) is 13.0 Å². The summed E-state index contributed by atoms with van der Waals surface area (Å²) in [7, 11) is 0. The van der Waals surface area contributed by atoms with Crippen LogP contribution >= 0.6 is 11.8 Å². The number of carbonyl (C=O) groups excluding carboxylic acids is 2. The maximum absolute atomic E-state index is 12.4. The van der Waals surface area contributed by atoms with Crippen molar-refractivity contribution in [2.24, 2.45) is 5.92 Å². The molecular formula is C22H31NO5S. The average molecular weight is 422 g/mol. The zero-order chi connectivity index (χ0) is 20.9. The molecule has 5 unspecified atom stereocenters. The topological polar surface area (TPSA) is 84.9 Å². The van der Waals surface area contributed by atoms with E-state index >= 15 is 0 Å². The van der Waals surface area contributed by atoms with Crippen LogP contribution in [0.25, 0.3) is 0 Å². The third kappa shape index (κ3) is 6.46. The van der Waals surface area contributed by atoms with Crippen LogP contribution in [0.5, 0.6) is 0 Å². The number of amides is 1. The standard InChI is InChI=1S/C22H31NO5S/c1-15-7-5-3-4-6-8-16(2)11-20(24)27-18-12-17(10-9-15)28-22(26,13-18)19-14-29-21(25)23-19/h3-5,7,11,15,17-19,26H,6,8-10,12-14H2,1-2H3,(H,23,25)/b4-3-,7-5-,16-11-. The molecule has 0 radical (unpaired) electrons. The Kier molecular flexibility index (Phi) is 7.60. The van der Waals surface area contributed by atoms with Gasteiger partial charge in [0.05, 0.1) is 12.1 Å². The molecule has 29 heavy (non-hydrogen) atoms. The van der Waals surface area contributed by atoms with Gasteiger partial charge in [-0.15, -0.1) is 0 Å². The van der Waals surface area contributed by atoms with E-state index < -0.39 is 17.9 Å². The summed E-state index contributed by atoms with van der Waals surface area (Å²) in [4.78, 5) is 24.0. The first kappa shape index (κ1) is 22.1. The molecule has 2 bridgehead atoms. The first-order valence-corrected chi connectivity index (χ1v) is 11.4. The largest absolute Gasteiger partial charge is 0.459 e. The minimum Gasteiger partial charge on any atom is -0.459 e. The molecule has 0 aromatic carbocycles. The zero-order valence-corrected chi connectivity index (χ0v) is 18.0. The molecule has 2 fully saturated rings. The van der Waals surface area contributed by atoms with Crippen molar-refractivity contribution in [2.75, 3.05) is 5.75 Å². The van der Waals surface area contributed by atoms with Gasteiger partial charge in [0.25, 0.3) is 5.24 Å². The summed E-state index contributed by atoms with van der Waals surface area (Å²) in [5.74, 6) is -1.10. The Morgan fingerprint density at radius 3 is 2.83 bits per heavy atom. The van der Waals surface area contributed by atoms with Crippen LogP contribution in [0.15, 0.2) is 36.0 Å². The number of hydrogen-bond donors (Lipinski definition) is 2. The van der Waals surface area contributed by atoms with E-state index in [9.17, 15) is 14.7 Å². The lowest BCUT2D eigenvalue weighted by atomic mass is 9.90. The number of carbonyl (C=O) groups is 2. The Balaban J connectivity index is 1.78. The molecule has 7 heteroatoms. The van der Waals surface area contributed by atoms with Gasteiger partial charge in [0, 0.05) is 24.7 Å². The molecule has 0 spiro atoms. The molecule has 3 heterocycles. The van der Waals surface area contributed by atoms with Gasteiger partial charge in [0.1, 0.15) is 6.10 Å². The van der Waals surface area contributed by atoms with Gasteiger partial charge in [-0.1, -0.05) is 48.6 Å². The Morgan fingerprint density at radius 2 is 2.07 bits per heavy atom. The maximum Gasteiger partial charge on any atom is 0.330 e. The third-order valence-corrected chi connectivity index (χ3v) is 6.50. The number of allylic oxidation sites excluding steroid dienone is 5. The van der Waals surface area contributed by atoms with Crippen LogP contribution in [-0.4, -0.2) is 46.1 Å². The second-order valence-electron chi connectivity index (χ2n) is 8.28. The highest BCUT2D eigenvalue weighted by Gasteiger charge is 2.49. The van der Waals surface area contributed by atoms with Gasteiger partial charge in [-0.3, -0.25) is 4.79 Å². The fourth-order valence-corrected chi connectivity index (χ4v) is 4.85. The highest BCUT2D eigenvalue weighted by molar-refractivity contribution is 8.14. The number of fused-ring (bicyclic) bond motifs is 2. The number of hydrogen-bond acceptors (Lipinski definition) is 6. The Hall–Kier alpha value is -1.57. The zero-order valence-electron chi connectivity index (χ0n) is 17.1. The van der Waals surface area contributed by atoms with E-state index in [0.29, 0.717) is 18.1 Å². The lowest BCUT2D eigenvalue weighted by molar-refractivity contribution is -0.283. The van der Waals surface area contributed by atoms with Gasteiger partial charge >= 0.3 is 5.97 Å². The normalized spacial score (nSPS) is 41.0. The van der Waals surface area contributed by atoms with Crippen molar-refractivity contribution in [2.45, 2.75) is 76.4 Å². The summed E-state index contributed by atoms with van der Waals surface area (Å²) in [6.07, 6.45) is 13.2. The van der Waals surface area contributed by atoms with Crippen molar-refractivity contribution in [3.05, 3.63) is 36.0 Å². The van der Waals surface area contributed by atoms with E-state index in [2.05, 4.69) is 30.5 Å². The van der Waals surface area contributed by atoms with Crippen LogP contribution < -0.4 is 5.32 Å². The lowest BCUT2D eigenvalue weighted by Crippen LogP contribution is -2.58. The molecule has 3 aliphatic heterocycles. The first-order valence-electron chi connectivity index (χ1n) is 10.4. The van der Waals surface area contributed by atoms with Crippen LogP contribution in [0.3, 0.4) is 0 Å². The maximum atomic E-state index is 12.4. The van der Waals surface area contributed by atoms with Crippen molar-refractivity contribution < 1.29 is 24.2 Å². The van der Waals surface area contributed by atoms with Gasteiger partial charge in [-0.05, 0) is 38.5 Å². The fraction of sp³-hybridized carbons (Fsp3) is 0.636.